The molecule has 2 saturated heterocycles. The number of carbonyl (C=O) groups excluding carboxylic acids is 1. The van der Waals surface area contributed by atoms with Crippen LogP contribution in [0.1, 0.15) is 29.6 Å². The van der Waals surface area contributed by atoms with E-state index in [9.17, 15) is 4.79 Å². The van der Waals surface area contributed by atoms with Crippen molar-refractivity contribution in [1.29, 1.82) is 0 Å². The summed E-state index contributed by atoms with van der Waals surface area (Å²) >= 11 is 0. The van der Waals surface area contributed by atoms with Gasteiger partial charge in [-0.1, -0.05) is 5.16 Å². The van der Waals surface area contributed by atoms with Crippen LogP contribution in [-0.2, 0) is 4.74 Å². The number of aromatic nitrogens is 3. The van der Waals surface area contributed by atoms with E-state index >= 15 is 0 Å². The molecular weight excluding hydrogens is 310 g/mol. The minimum absolute atomic E-state index is 0.0572. The lowest BCUT2D eigenvalue weighted by molar-refractivity contribution is -0.0721. The Morgan fingerprint density at radius 2 is 2.25 bits per heavy atom. The van der Waals surface area contributed by atoms with E-state index in [1.165, 1.54) is 12.5 Å². The average Bonchev–Trinajstić information content (AvgIpc) is 3.26. The molecule has 2 aliphatic rings. The second-order valence-corrected chi connectivity index (χ2v) is 6.33. The molecule has 1 amide bonds. The van der Waals surface area contributed by atoms with E-state index in [1.54, 1.807) is 18.5 Å². The summed E-state index contributed by atoms with van der Waals surface area (Å²) in [7, 11) is 0. The minimum atomic E-state index is -0.294. The van der Waals surface area contributed by atoms with Crippen molar-refractivity contribution in [3.8, 4) is 0 Å². The number of hydrogen-bond donors (Lipinski definition) is 1. The molecule has 1 spiro atoms. The number of anilines is 1. The third-order valence-corrected chi connectivity index (χ3v) is 4.67. The van der Waals surface area contributed by atoms with Crippen LogP contribution in [0.3, 0.4) is 0 Å². The van der Waals surface area contributed by atoms with Gasteiger partial charge in [0.25, 0.3) is 5.91 Å². The molecule has 0 saturated carbocycles. The first-order valence-corrected chi connectivity index (χ1v) is 8.10. The fourth-order valence-corrected chi connectivity index (χ4v) is 3.50. The monoisotopic (exact) mass is 329 g/mol. The van der Waals surface area contributed by atoms with E-state index in [2.05, 4.69) is 20.4 Å². The lowest BCUT2D eigenvalue weighted by atomic mass is 9.89. The van der Waals surface area contributed by atoms with E-state index in [4.69, 9.17) is 9.26 Å². The SMILES string of the molecule is O=C(c1cnoc1)N1CC[C@@]2(C[C@H](Nc3ncccn3)CCO2)C1. The van der Waals surface area contributed by atoms with Gasteiger partial charge in [-0.25, -0.2) is 9.97 Å². The van der Waals surface area contributed by atoms with Crippen LogP contribution in [0.15, 0.2) is 35.4 Å². The zero-order valence-electron chi connectivity index (χ0n) is 13.2. The maximum absolute atomic E-state index is 12.4. The quantitative estimate of drug-likeness (QED) is 0.908. The van der Waals surface area contributed by atoms with Crippen molar-refractivity contribution >= 4 is 11.9 Å². The number of carbonyl (C=O) groups is 1. The zero-order valence-corrected chi connectivity index (χ0v) is 13.2. The summed E-state index contributed by atoms with van der Waals surface area (Å²) in [5.74, 6) is 0.577. The van der Waals surface area contributed by atoms with Gasteiger partial charge in [-0.15, -0.1) is 0 Å². The van der Waals surface area contributed by atoms with E-state index in [0.717, 1.165) is 19.3 Å². The molecule has 4 heterocycles. The molecule has 4 rings (SSSR count). The molecule has 1 N–H and O–H groups in total. The molecule has 0 aliphatic carbocycles. The van der Waals surface area contributed by atoms with Crippen molar-refractivity contribution in [2.24, 2.45) is 0 Å². The van der Waals surface area contributed by atoms with Crippen molar-refractivity contribution in [3.63, 3.8) is 0 Å². The smallest absolute Gasteiger partial charge is 0.258 e. The van der Waals surface area contributed by atoms with Crippen molar-refractivity contribution in [2.45, 2.75) is 30.9 Å². The zero-order chi connectivity index (χ0) is 16.4. The highest BCUT2D eigenvalue weighted by molar-refractivity contribution is 5.93. The van der Waals surface area contributed by atoms with Crippen LogP contribution in [-0.4, -0.2) is 57.3 Å². The van der Waals surface area contributed by atoms with Gasteiger partial charge in [-0.3, -0.25) is 4.79 Å². The summed E-state index contributed by atoms with van der Waals surface area (Å²) in [6.07, 6.45) is 8.84. The predicted molar refractivity (Wildman–Crippen MR) is 84.4 cm³/mol. The van der Waals surface area contributed by atoms with E-state index < -0.39 is 0 Å². The van der Waals surface area contributed by atoms with Gasteiger partial charge in [-0.2, -0.15) is 0 Å². The van der Waals surface area contributed by atoms with Crippen molar-refractivity contribution in [3.05, 3.63) is 36.5 Å². The van der Waals surface area contributed by atoms with Crippen LogP contribution in [0.25, 0.3) is 0 Å². The average molecular weight is 329 g/mol. The number of nitrogens with zero attached hydrogens (tertiary/aromatic N) is 4. The molecular formula is C16H19N5O3. The Labute approximate surface area is 139 Å². The molecule has 0 radical (unpaired) electrons. The van der Waals surface area contributed by atoms with Crippen molar-refractivity contribution < 1.29 is 14.1 Å². The lowest BCUT2D eigenvalue weighted by Gasteiger charge is -2.38. The van der Waals surface area contributed by atoms with Gasteiger partial charge in [0.05, 0.1) is 23.9 Å². The van der Waals surface area contributed by atoms with Gasteiger partial charge in [0.1, 0.15) is 6.26 Å². The van der Waals surface area contributed by atoms with Gasteiger partial charge in [0.2, 0.25) is 5.95 Å². The Morgan fingerprint density at radius 3 is 3.04 bits per heavy atom. The Hall–Kier alpha value is -2.48. The fourth-order valence-electron chi connectivity index (χ4n) is 3.50. The number of ether oxygens (including phenoxy) is 1. The first kappa shape index (κ1) is 15.1. The number of amides is 1. The highest BCUT2D eigenvalue weighted by Gasteiger charge is 2.45. The van der Waals surface area contributed by atoms with E-state index in [1.807, 2.05) is 4.90 Å². The highest BCUT2D eigenvalue weighted by atomic mass is 16.5. The Kier molecular flexibility index (Phi) is 3.89. The van der Waals surface area contributed by atoms with Gasteiger partial charge >= 0.3 is 0 Å². The molecule has 0 aromatic carbocycles. The minimum Gasteiger partial charge on any atom is -0.373 e. The van der Waals surface area contributed by atoms with Crippen LogP contribution >= 0.6 is 0 Å². The molecule has 8 nitrogen and oxygen atoms in total. The van der Waals surface area contributed by atoms with Crippen LogP contribution in [0.5, 0.6) is 0 Å². The van der Waals surface area contributed by atoms with Gasteiger partial charge in [-0.05, 0) is 25.3 Å². The Balaban J connectivity index is 1.41. The highest BCUT2D eigenvalue weighted by Crippen LogP contribution is 2.35. The van der Waals surface area contributed by atoms with Crippen LogP contribution in [0, 0.1) is 0 Å². The molecule has 2 aromatic heterocycles. The summed E-state index contributed by atoms with van der Waals surface area (Å²) in [6.45, 7) is 1.93. The number of likely N-dealkylation sites (tertiary alicyclic amines) is 1. The molecule has 0 bridgehead atoms. The maximum Gasteiger partial charge on any atom is 0.258 e. The van der Waals surface area contributed by atoms with Gasteiger partial charge < -0.3 is 19.5 Å². The molecule has 24 heavy (non-hydrogen) atoms. The first-order valence-electron chi connectivity index (χ1n) is 8.10. The summed E-state index contributed by atoms with van der Waals surface area (Å²) in [4.78, 5) is 22.7. The summed E-state index contributed by atoms with van der Waals surface area (Å²) in [6, 6.07) is 2.04. The molecule has 2 fully saturated rings. The Morgan fingerprint density at radius 1 is 1.38 bits per heavy atom. The topological polar surface area (TPSA) is 93.4 Å². The van der Waals surface area contributed by atoms with E-state index in [0.29, 0.717) is 31.2 Å². The second-order valence-electron chi connectivity index (χ2n) is 6.33. The van der Waals surface area contributed by atoms with Crippen molar-refractivity contribution in [1.82, 2.24) is 20.0 Å². The molecule has 2 aromatic rings. The summed E-state index contributed by atoms with van der Waals surface area (Å²) in [5.41, 5.74) is 0.188. The number of rotatable bonds is 3. The predicted octanol–water partition coefficient (Wildman–Crippen LogP) is 1.34. The first-order chi connectivity index (χ1) is 11.7. The van der Waals surface area contributed by atoms with E-state index in [-0.39, 0.29) is 17.6 Å². The van der Waals surface area contributed by atoms with Gasteiger partial charge in [0.15, 0.2) is 0 Å². The molecule has 126 valence electrons. The molecule has 8 heteroatoms. The normalized spacial score (nSPS) is 26.7. The fraction of sp³-hybridized carbons (Fsp3) is 0.500. The van der Waals surface area contributed by atoms with Gasteiger partial charge in [0, 0.05) is 31.6 Å². The molecule has 2 aliphatic heterocycles. The van der Waals surface area contributed by atoms with Crippen LogP contribution < -0.4 is 5.32 Å². The molecule has 2 atom stereocenters. The van der Waals surface area contributed by atoms with Crippen molar-refractivity contribution in [2.75, 3.05) is 25.0 Å². The largest absolute Gasteiger partial charge is 0.373 e. The third-order valence-electron chi connectivity index (χ3n) is 4.67. The number of nitrogens with one attached hydrogen (secondary N) is 1. The third kappa shape index (κ3) is 2.96. The second kappa shape index (κ2) is 6.20. The maximum atomic E-state index is 12.4. The Bertz CT molecular complexity index is 693. The standard InChI is InChI=1S/C16H19N5O3/c22-14(12-9-19-24-10-12)21-6-3-16(11-21)8-13(2-7-23-16)20-15-17-4-1-5-18-15/h1,4-5,9-10,13H,2-3,6-8,11H2,(H,17,18,20)/t13-,16-/m1/s1. The molecule has 0 unspecified atom stereocenters. The summed E-state index contributed by atoms with van der Waals surface area (Å²) < 4.78 is 10.8. The summed E-state index contributed by atoms with van der Waals surface area (Å²) in [5, 5.41) is 6.97. The van der Waals surface area contributed by atoms with Crippen LogP contribution in [0.4, 0.5) is 5.95 Å². The van der Waals surface area contributed by atoms with Crippen LogP contribution in [0.2, 0.25) is 0 Å². The number of hydrogen-bond acceptors (Lipinski definition) is 7. The lowest BCUT2D eigenvalue weighted by Crippen LogP contribution is -2.47.